The molecular weight excluding hydrogens is 384 g/mol. The fraction of sp³-hybridized carbons (Fsp3) is 0.167. The van der Waals surface area contributed by atoms with E-state index >= 15 is 0 Å². The molecule has 0 saturated heterocycles. The zero-order valence-electron chi connectivity index (χ0n) is 10.5. The monoisotopic (exact) mass is 394 g/mol. The summed E-state index contributed by atoms with van der Waals surface area (Å²) < 4.78 is 25.9. The minimum atomic E-state index is -3.30. The van der Waals surface area contributed by atoms with E-state index in [0.717, 1.165) is 15.6 Å². The quantitative estimate of drug-likeness (QED) is 0.799. The van der Waals surface area contributed by atoms with Crippen molar-refractivity contribution in [2.45, 2.75) is 6.54 Å². The Balaban J connectivity index is 2.12. The lowest BCUT2D eigenvalue weighted by molar-refractivity contribution is 0.607. The smallest absolute Gasteiger partial charge is 0.229 e. The Morgan fingerprint density at radius 1 is 1.35 bits per heavy atom. The molecule has 0 bridgehead atoms. The topological polar surface area (TPSA) is 58.2 Å². The lowest BCUT2D eigenvalue weighted by atomic mass is 10.3. The number of thiophene rings is 1. The molecule has 2 N–H and O–H groups in total. The number of nitrogens with one attached hydrogen (secondary N) is 2. The van der Waals surface area contributed by atoms with E-state index in [0.29, 0.717) is 22.9 Å². The summed E-state index contributed by atoms with van der Waals surface area (Å²) in [7, 11) is -3.30. The maximum absolute atomic E-state index is 11.2. The first kappa shape index (κ1) is 15.6. The molecule has 2 aromatic rings. The van der Waals surface area contributed by atoms with Crippen LogP contribution in [0.15, 0.2) is 34.1 Å². The molecule has 0 radical (unpaired) electrons. The third kappa shape index (κ3) is 4.66. The summed E-state index contributed by atoms with van der Waals surface area (Å²) in [4.78, 5) is 1.15. The summed E-state index contributed by atoms with van der Waals surface area (Å²) in [6, 6.07) is 6.97. The Hall–Kier alpha value is -0.760. The van der Waals surface area contributed by atoms with Crippen LogP contribution in [0.25, 0.3) is 0 Å². The number of anilines is 2. The second-order valence-electron chi connectivity index (χ2n) is 4.15. The van der Waals surface area contributed by atoms with Crippen LogP contribution in [0.2, 0.25) is 5.02 Å². The van der Waals surface area contributed by atoms with Crippen LogP contribution in [-0.4, -0.2) is 14.7 Å². The number of halogens is 2. The molecule has 2 rings (SSSR count). The van der Waals surface area contributed by atoms with Gasteiger partial charge in [0.1, 0.15) is 0 Å². The molecule has 0 fully saturated rings. The summed E-state index contributed by atoms with van der Waals surface area (Å²) in [5, 5.41) is 5.73. The van der Waals surface area contributed by atoms with Gasteiger partial charge in [-0.2, -0.15) is 0 Å². The first-order valence-corrected chi connectivity index (χ1v) is 9.52. The zero-order chi connectivity index (χ0) is 14.8. The molecular formula is C12H12BrClN2O2S2. The van der Waals surface area contributed by atoms with Crippen molar-refractivity contribution in [2.75, 3.05) is 16.3 Å². The highest BCUT2D eigenvalue weighted by Gasteiger charge is 2.06. The number of benzene rings is 1. The van der Waals surface area contributed by atoms with E-state index in [1.54, 1.807) is 29.5 Å². The van der Waals surface area contributed by atoms with E-state index in [1.165, 1.54) is 0 Å². The van der Waals surface area contributed by atoms with E-state index in [-0.39, 0.29) is 0 Å². The molecule has 1 heterocycles. The molecule has 1 aromatic carbocycles. The van der Waals surface area contributed by atoms with Gasteiger partial charge in [-0.25, -0.2) is 8.42 Å². The number of hydrogen-bond donors (Lipinski definition) is 2. The standard InChI is InChI=1S/C12H12BrClN2O2S2/c1-20(17,18)16-9-2-3-11(14)12(5-9)15-6-10-4-8(13)7-19-10/h2-5,7,15-16H,6H2,1H3. The van der Waals surface area contributed by atoms with Crippen molar-refractivity contribution < 1.29 is 8.42 Å². The average molecular weight is 396 g/mol. The predicted octanol–water partition coefficient (Wildman–Crippen LogP) is 4.15. The van der Waals surface area contributed by atoms with E-state index < -0.39 is 10.0 Å². The molecule has 0 aliphatic carbocycles. The van der Waals surface area contributed by atoms with Crippen molar-refractivity contribution in [2.24, 2.45) is 0 Å². The van der Waals surface area contributed by atoms with Gasteiger partial charge in [0.25, 0.3) is 0 Å². The van der Waals surface area contributed by atoms with Crippen LogP contribution < -0.4 is 10.0 Å². The molecule has 0 unspecified atom stereocenters. The largest absolute Gasteiger partial charge is 0.379 e. The van der Waals surface area contributed by atoms with Crippen LogP contribution in [0, 0.1) is 0 Å². The SMILES string of the molecule is CS(=O)(=O)Nc1ccc(Cl)c(NCc2cc(Br)cs2)c1. The molecule has 8 heteroatoms. The van der Waals surface area contributed by atoms with Gasteiger partial charge in [0.15, 0.2) is 0 Å². The molecule has 0 atom stereocenters. The zero-order valence-corrected chi connectivity index (χ0v) is 14.5. The first-order chi connectivity index (χ1) is 9.33. The minimum Gasteiger partial charge on any atom is -0.379 e. The molecule has 1 aromatic heterocycles. The van der Waals surface area contributed by atoms with Crippen molar-refractivity contribution in [3.8, 4) is 0 Å². The van der Waals surface area contributed by atoms with Crippen LogP contribution >= 0.6 is 38.9 Å². The highest BCUT2D eigenvalue weighted by Crippen LogP contribution is 2.27. The van der Waals surface area contributed by atoms with Gasteiger partial charge in [-0.05, 0) is 40.2 Å². The van der Waals surface area contributed by atoms with Crippen molar-refractivity contribution in [3.63, 3.8) is 0 Å². The number of hydrogen-bond acceptors (Lipinski definition) is 4. The summed E-state index contributed by atoms with van der Waals surface area (Å²) >= 11 is 11.1. The summed E-state index contributed by atoms with van der Waals surface area (Å²) in [6.45, 7) is 0.623. The number of sulfonamides is 1. The van der Waals surface area contributed by atoms with Gasteiger partial charge in [0.2, 0.25) is 10.0 Å². The molecule has 0 aliphatic rings. The number of rotatable bonds is 5. The summed E-state index contributed by atoms with van der Waals surface area (Å²) in [5.74, 6) is 0. The molecule has 4 nitrogen and oxygen atoms in total. The van der Waals surface area contributed by atoms with E-state index in [4.69, 9.17) is 11.6 Å². The van der Waals surface area contributed by atoms with Crippen molar-refractivity contribution >= 4 is 60.3 Å². The Morgan fingerprint density at radius 3 is 2.70 bits per heavy atom. The lowest BCUT2D eigenvalue weighted by Crippen LogP contribution is -2.09. The van der Waals surface area contributed by atoms with Crippen molar-refractivity contribution in [1.82, 2.24) is 0 Å². The molecule has 0 aliphatic heterocycles. The average Bonchev–Trinajstić information content (AvgIpc) is 2.74. The van der Waals surface area contributed by atoms with Crippen LogP contribution in [0.5, 0.6) is 0 Å². The van der Waals surface area contributed by atoms with E-state index in [2.05, 4.69) is 26.0 Å². The Kier molecular flexibility index (Phi) is 4.95. The van der Waals surface area contributed by atoms with E-state index in [9.17, 15) is 8.42 Å². The van der Waals surface area contributed by atoms with Crippen LogP contribution in [-0.2, 0) is 16.6 Å². The minimum absolute atomic E-state index is 0.478. The van der Waals surface area contributed by atoms with Crippen molar-refractivity contribution in [1.29, 1.82) is 0 Å². The van der Waals surface area contributed by atoms with Gasteiger partial charge in [-0.1, -0.05) is 11.6 Å². The summed E-state index contributed by atoms with van der Waals surface area (Å²) in [5.41, 5.74) is 1.16. The van der Waals surface area contributed by atoms with Gasteiger partial charge in [0, 0.05) is 21.3 Å². The maximum atomic E-state index is 11.2. The molecule has 0 saturated carbocycles. The highest BCUT2D eigenvalue weighted by atomic mass is 79.9. The Labute approximate surface area is 135 Å². The maximum Gasteiger partial charge on any atom is 0.229 e. The van der Waals surface area contributed by atoms with Crippen molar-refractivity contribution in [3.05, 3.63) is 44.0 Å². The lowest BCUT2D eigenvalue weighted by Gasteiger charge is -2.10. The third-order valence-corrected chi connectivity index (χ3v) is 4.98. The highest BCUT2D eigenvalue weighted by molar-refractivity contribution is 9.10. The van der Waals surface area contributed by atoms with Crippen LogP contribution in [0.4, 0.5) is 11.4 Å². The van der Waals surface area contributed by atoms with Gasteiger partial charge >= 0.3 is 0 Å². The fourth-order valence-electron chi connectivity index (χ4n) is 1.57. The summed E-state index contributed by atoms with van der Waals surface area (Å²) in [6.07, 6.45) is 1.11. The Morgan fingerprint density at radius 2 is 2.10 bits per heavy atom. The Bertz CT molecular complexity index is 716. The van der Waals surface area contributed by atoms with Crippen LogP contribution in [0.3, 0.4) is 0 Å². The first-order valence-electron chi connectivity index (χ1n) is 5.57. The molecule has 20 heavy (non-hydrogen) atoms. The fourth-order valence-corrected chi connectivity index (χ4v) is 3.70. The van der Waals surface area contributed by atoms with Gasteiger partial charge in [-0.3, -0.25) is 4.72 Å². The molecule has 0 spiro atoms. The molecule has 108 valence electrons. The second-order valence-corrected chi connectivity index (χ2v) is 8.22. The molecule has 0 amide bonds. The second kappa shape index (κ2) is 6.34. The van der Waals surface area contributed by atoms with Gasteiger partial charge in [-0.15, -0.1) is 11.3 Å². The van der Waals surface area contributed by atoms with Gasteiger partial charge in [0.05, 0.1) is 22.7 Å². The van der Waals surface area contributed by atoms with Gasteiger partial charge < -0.3 is 5.32 Å². The van der Waals surface area contributed by atoms with E-state index in [1.807, 2.05) is 11.4 Å². The third-order valence-electron chi connectivity index (χ3n) is 2.34. The van der Waals surface area contributed by atoms with Crippen LogP contribution in [0.1, 0.15) is 4.88 Å². The predicted molar refractivity (Wildman–Crippen MR) is 89.3 cm³/mol. The normalized spacial score (nSPS) is 11.3.